The molecule has 3 aromatic rings. The molecular weight excluding hydrogens is 296 g/mol. The molecule has 0 unspecified atom stereocenters. The molecule has 0 aliphatic heterocycles. The number of rotatable bonds is 1. The summed E-state index contributed by atoms with van der Waals surface area (Å²) < 4.78 is 0. The molecule has 0 aliphatic rings. The molecule has 17 heavy (non-hydrogen) atoms. The Hall–Kier alpha value is -1.05. The first-order chi connectivity index (χ1) is 8.33. The summed E-state index contributed by atoms with van der Waals surface area (Å²) in [5.74, 6) is 0. The Morgan fingerprint density at radius 1 is 0.765 bits per heavy atom. The van der Waals surface area contributed by atoms with E-state index in [1.807, 2.05) is 12.1 Å². The Bertz CT molecular complexity index is 647. The van der Waals surface area contributed by atoms with Crippen molar-refractivity contribution in [1.29, 1.82) is 0 Å². The number of alkyl halides is 1. The second kappa shape index (κ2) is 4.32. The lowest BCUT2D eigenvalue weighted by atomic mass is 9.98. The van der Waals surface area contributed by atoms with Crippen molar-refractivity contribution in [3.05, 3.63) is 59.1 Å². The highest BCUT2D eigenvalue weighted by Crippen LogP contribution is 2.36. The van der Waals surface area contributed by atoms with Crippen molar-refractivity contribution in [3.8, 4) is 0 Å². The molecule has 0 bridgehead atoms. The Labute approximate surface area is 113 Å². The van der Waals surface area contributed by atoms with Gasteiger partial charge in [-0.15, -0.1) is 0 Å². The highest BCUT2D eigenvalue weighted by atomic mass is 79.9. The molecule has 0 heterocycles. The second-order valence-corrected chi connectivity index (χ2v) is 4.96. The molecule has 0 aliphatic carbocycles. The maximum atomic E-state index is 6.49. The number of halogens is 2. The van der Waals surface area contributed by atoms with E-state index in [9.17, 15) is 0 Å². The fourth-order valence-electron chi connectivity index (χ4n) is 2.31. The fourth-order valence-corrected chi connectivity index (χ4v) is 3.24. The molecular formula is C15H10BrCl. The van der Waals surface area contributed by atoms with Gasteiger partial charge in [0.25, 0.3) is 0 Å². The Morgan fingerprint density at radius 2 is 1.18 bits per heavy atom. The summed E-state index contributed by atoms with van der Waals surface area (Å²) in [6.07, 6.45) is 0. The Kier molecular flexibility index (Phi) is 2.81. The summed E-state index contributed by atoms with van der Waals surface area (Å²) in [5, 5.41) is 6.40. The van der Waals surface area contributed by atoms with Crippen molar-refractivity contribution in [2.45, 2.75) is 5.33 Å². The third kappa shape index (κ3) is 1.65. The zero-order valence-electron chi connectivity index (χ0n) is 9.08. The minimum Gasteiger partial charge on any atom is -0.0876 e. The minimum atomic E-state index is 0.838. The molecule has 3 aromatic carbocycles. The van der Waals surface area contributed by atoms with E-state index >= 15 is 0 Å². The Balaban J connectivity index is 2.63. The van der Waals surface area contributed by atoms with Crippen LogP contribution in [0.15, 0.2) is 48.5 Å². The molecule has 0 saturated carbocycles. The van der Waals surface area contributed by atoms with Gasteiger partial charge in [0.1, 0.15) is 0 Å². The first-order valence-corrected chi connectivity index (χ1v) is 6.96. The number of hydrogen-bond donors (Lipinski definition) is 0. The van der Waals surface area contributed by atoms with E-state index in [-0.39, 0.29) is 0 Å². The van der Waals surface area contributed by atoms with Crippen molar-refractivity contribution < 1.29 is 0 Å². The van der Waals surface area contributed by atoms with Gasteiger partial charge in [0.2, 0.25) is 0 Å². The number of fused-ring (bicyclic) bond motifs is 2. The molecule has 0 atom stereocenters. The molecule has 0 N–H and O–H groups in total. The fraction of sp³-hybridized carbons (Fsp3) is 0.0667. The van der Waals surface area contributed by atoms with Gasteiger partial charge in [-0.3, -0.25) is 0 Å². The quantitative estimate of drug-likeness (QED) is 0.409. The van der Waals surface area contributed by atoms with Crippen molar-refractivity contribution in [3.63, 3.8) is 0 Å². The lowest BCUT2D eigenvalue weighted by Gasteiger charge is -2.11. The summed E-state index contributed by atoms with van der Waals surface area (Å²) in [7, 11) is 0. The largest absolute Gasteiger partial charge is 0.0876 e. The van der Waals surface area contributed by atoms with E-state index in [0.29, 0.717) is 0 Å². The van der Waals surface area contributed by atoms with Gasteiger partial charge in [-0.1, -0.05) is 76.1 Å². The summed E-state index contributed by atoms with van der Waals surface area (Å²) in [4.78, 5) is 0. The molecule has 84 valence electrons. The van der Waals surface area contributed by atoms with E-state index in [1.54, 1.807) is 0 Å². The predicted molar refractivity (Wildman–Crippen MR) is 79.1 cm³/mol. The average Bonchev–Trinajstić information content (AvgIpc) is 2.40. The molecule has 0 nitrogen and oxygen atoms in total. The monoisotopic (exact) mass is 304 g/mol. The van der Waals surface area contributed by atoms with Gasteiger partial charge < -0.3 is 0 Å². The highest BCUT2D eigenvalue weighted by Gasteiger charge is 2.10. The zero-order chi connectivity index (χ0) is 11.8. The second-order valence-electron chi connectivity index (χ2n) is 4.02. The molecule has 0 spiro atoms. The first-order valence-electron chi connectivity index (χ1n) is 5.46. The molecule has 0 radical (unpaired) electrons. The lowest BCUT2D eigenvalue weighted by Crippen LogP contribution is -1.87. The average molecular weight is 306 g/mol. The van der Waals surface area contributed by atoms with Crippen molar-refractivity contribution in [2.24, 2.45) is 0 Å². The van der Waals surface area contributed by atoms with Crippen LogP contribution in [0.4, 0.5) is 0 Å². The van der Waals surface area contributed by atoms with E-state index in [1.165, 1.54) is 16.3 Å². The van der Waals surface area contributed by atoms with Gasteiger partial charge in [-0.05, 0) is 16.3 Å². The van der Waals surface area contributed by atoms with Crippen LogP contribution in [0.2, 0.25) is 5.02 Å². The molecule has 0 aromatic heterocycles. The van der Waals surface area contributed by atoms with Crippen LogP contribution in [0, 0.1) is 0 Å². The van der Waals surface area contributed by atoms with Crippen molar-refractivity contribution in [1.82, 2.24) is 0 Å². The first kappa shape index (κ1) is 11.1. The summed E-state index contributed by atoms with van der Waals surface area (Å²) in [6, 6.07) is 16.6. The molecule has 2 heteroatoms. The summed E-state index contributed by atoms with van der Waals surface area (Å²) >= 11 is 10.1. The van der Waals surface area contributed by atoms with Crippen LogP contribution in [0.25, 0.3) is 21.5 Å². The third-order valence-corrected chi connectivity index (χ3v) is 4.08. The van der Waals surface area contributed by atoms with Crippen LogP contribution in [0.5, 0.6) is 0 Å². The van der Waals surface area contributed by atoms with Crippen LogP contribution in [-0.4, -0.2) is 0 Å². The lowest BCUT2D eigenvalue weighted by molar-refractivity contribution is 1.54. The smallest absolute Gasteiger partial charge is 0.0562 e. The van der Waals surface area contributed by atoms with Crippen LogP contribution in [0.1, 0.15) is 5.56 Å². The van der Waals surface area contributed by atoms with Crippen molar-refractivity contribution >= 4 is 49.1 Å². The van der Waals surface area contributed by atoms with Gasteiger partial charge in [0, 0.05) is 16.1 Å². The van der Waals surface area contributed by atoms with E-state index in [0.717, 1.165) is 21.1 Å². The molecule has 3 rings (SSSR count). The number of benzene rings is 3. The Morgan fingerprint density at radius 3 is 1.59 bits per heavy atom. The van der Waals surface area contributed by atoms with Crippen LogP contribution in [0.3, 0.4) is 0 Å². The SMILES string of the molecule is Clc1c2ccccc2c(CBr)c2ccccc12. The van der Waals surface area contributed by atoms with Gasteiger partial charge in [0.15, 0.2) is 0 Å². The predicted octanol–water partition coefficient (Wildman–Crippen LogP) is 5.54. The van der Waals surface area contributed by atoms with Gasteiger partial charge >= 0.3 is 0 Å². The standard InChI is InChI=1S/C15H10BrCl/c16-9-14-10-5-1-3-7-12(10)15(17)13-8-4-2-6-11(13)14/h1-8H,9H2. The third-order valence-electron chi connectivity index (χ3n) is 3.11. The highest BCUT2D eigenvalue weighted by molar-refractivity contribution is 9.08. The number of hydrogen-bond acceptors (Lipinski definition) is 0. The van der Waals surface area contributed by atoms with Gasteiger partial charge in [-0.25, -0.2) is 0 Å². The molecule has 0 amide bonds. The minimum absolute atomic E-state index is 0.838. The van der Waals surface area contributed by atoms with Crippen LogP contribution < -0.4 is 0 Å². The van der Waals surface area contributed by atoms with E-state index in [4.69, 9.17) is 11.6 Å². The van der Waals surface area contributed by atoms with Crippen molar-refractivity contribution in [2.75, 3.05) is 0 Å². The van der Waals surface area contributed by atoms with Crippen LogP contribution in [-0.2, 0) is 5.33 Å². The summed E-state index contributed by atoms with van der Waals surface area (Å²) in [5.41, 5.74) is 1.31. The van der Waals surface area contributed by atoms with E-state index < -0.39 is 0 Å². The maximum Gasteiger partial charge on any atom is 0.0562 e. The maximum absolute atomic E-state index is 6.49. The van der Waals surface area contributed by atoms with Crippen LogP contribution >= 0.6 is 27.5 Å². The zero-order valence-corrected chi connectivity index (χ0v) is 11.4. The molecule has 0 saturated heterocycles. The molecule has 0 fully saturated rings. The topological polar surface area (TPSA) is 0 Å². The summed E-state index contributed by atoms with van der Waals surface area (Å²) in [6.45, 7) is 0. The van der Waals surface area contributed by atoms with Gasteiger partial charge in [0.05, 0.1) is 5.02 Å². The normalized spacial score (nSPS) is 11.2. The van der Waals surface area contributed by atoms with E-state index in [2.05, 4.69) is 52.3 Å². The van der Waals surface area contributed by atoms with Gasteiger partial charge in [-0.2, -0.15) is 0 Å².